The normalized spacial score (nSPS) is 9.47. The lowest BCUT2D eigenvalue weighted by molar-refractivity contribution is -0.663. The number of hydrogen-bond acceptors (Lipinski definition) is 3. The van der Waals surface area contributed by atoms with E-state index in [4.69, 9.17) is 0 Å². The highest BCUT2D eigenvalue weighted by Gasteiger charge is 2.22. The highest BCUT2D eigenvalue weighted by molar-refractivity contribution is 6.26. The summed E-state index contributed by atoms with van der Waals surface area (Å²) in [5.74, 6) is 1.95. The first-order valence-corrected chi connectivity index (χ1v) is 34.4. The molecule has 0 radical (unpaired) electrons. The van der Waals surface area contributed by atoms with Crippen LogP contribution in [0.25, 0.3) is 88.3 Å². The van der Waals surface area contributed by atoms with E-state index in [0.29, 0.717) is 0 Å². The molecule has 0 aliphatic rings. The number of aromatic nitrogens is 8. The van der Waals surface area contributed by atoms with Gasteiger partial charge < -0.3 is 4.57 Å². The van der Waals surface area contributed by atoms with E-state index in [-0.39, 0.29) is 0 Å². The first kappa shape index (κ1) is 83.5. The molecule has 0 aliphatic carbocycles. The Balaban J connectivity index is 0.00000113. The molecule has 0 bridgehead atoms. The van der Waals surface area contributed by atoms with Crippen LogP contribution in [0, 0.1) is 55.4 Å². The van der Waals surface area contributed by atoms with Gasteiger partial charge in [-0.25, -0.2) is 18.3 Å². The summed E-state index contributed by atoms with van der Waals surface area (Å²) in [5.41, 5.74) is 19.5. The Bertz CT molecular complexity index is 3810. The third-order valence-corrected chi connectivity index (χ3v) is 15.0. The van der Waals surface area contributed by atoms with Gasteiger partial charge in [0.2, 0.25) is 11.2 Å². The van der Waals surface area contributed by atoms with Gasteiger partial charge >= 0.3 is 11.6 Å². The van der Waals surface area contributed by atoms with Crippen molar-refractivity contribution >= 4 is 54.3 Å². The molecule has 8 nitrogen and oxygen atoms in total. The Hall–Kier alpha value is -8.49. The fraction of sp³-hybridized carbons (Fsp3) is 0.369. The zero-order valence-corrected chi connectivity index (χ0v) is 63.3. The molecular formula is C84H122N8+4. The number of rotatable bonds is 3. The van der Waals surface area contributed by atoms with Crippen LogP contribution in [0.5, 0.6) is 0 Å². The van der Waals surface area contributed by atoms with Crippen LogP contribution >= 0.6 is 0 Å². The number of para-hydroxylation sites is 1. The van der Waals surface area contributed by atoms with Gasteiger partial charge in [0.05, 0.1) is 54.0 Å². The van der Waals surface area contributed by atoms with Gasteiger partial charge in [-0.2, -0.15) is 0 Å². The molecule has 0 saturated carbocycles. The van der Waals surface area contributed by atoms with Gasteiger partial charge in [0.1, 0.15) is 26.5 Å². The van der Waals surface area contributed by atoms with Gasteiger partial charge in [0.15, 0.2) is 12.4 Å². The van der Waals surface area contributed by atoms with Crippen LogP contribution in [-0.4, -0.2) is 19.5 Å². The second-order valence-corrected chi connectivity index (χ2v) is 19.7. The summed E-state index contributed by atoms with van der Waals surface area (Å²) in [6, 6.07) is 44.9. The molecule has 6 aromatic carbocycles. The Morgan fingerprint density at radius 3 is 1.32 bits per heavy atom. The predicted octanol–water partition coefficient (Wildman–Crippen LogP) is 22.0. The van der Waals surface area contributed by atoms with Crippen LogP contribution in [0.15, 0.2) is 177 Å². The lowest BCUT2D eigenvalue weighted by atomic mass is 9.85. The van der Waals surface area contributed by atoms with E-state index in [1.807, 2.05) is 203 Å². The molecule has 494 valence electrons. The number of fused-ring (bicyclic) bond motifs is 9. The van der Waals surface area contributed by atoms with Crippen LogP contribution in [0.2, 0.25) is 0 Å². The fourth-order valence-electron chi connectivity index (χ4n) is 10.6. The molecule has 0 spiro atoms. The van der Waals surface area contributed by atoms with Crippen molar-refractivity contribution in [3.8, 4) is 34.0 Å². The molecule has 8 heteroatoms. The molecule has 12 rings (SSSR count). The third kappa shape index (κ3) is 20.3. The highest BCUT2D eigenvalue weighted by Crippen LogP contribution is 2.41. The van der Waals surface area contributed by atoms with Crippen molar-refractivity contribution in [2.24, 2.45) is 35.2 Å². The average molecular weight is 1240 g/mol. The SMILES string of the molecule is CC.CC.CC.CC.CC.CC.CC.CC.CC.Cc1c(C)c(C)c2c3ccc[n+](C)c3c3c(C)cccc3c2c1C.Cc1cc2c3ccccc3n(C)c2cc1-c1cccc[n+]1C.Cc1ccccc1-c1nccc[n+]1C.Cc1ccncc1-c1nccc[n+]1C. The maximum atomic E-state index is 4.37. The molecule has 0 unspecified atom stereocenters. The van der Waals surface area contributed by atoms with E-state index in [1.165, 1.54) is 116 Å². The molecule has 0 aliphatic heterocycles. The number of benzene rings is 6. The summed E-state index contributed by atoms with van der Waals surface area (Å²) < 4.78 is 10.8. The van der Waals surface area contributed by atoms with E-state index >= 15 is 0 Å². The Morgan fingerprint density at radius 2 is 0.772 bits per heavy atom. The minimum atomic E-state index is 0.943. The van der Waals surface area contributed by atoms with Crippen molar-refractivity contribution in [3.05, 3.63) is 221 Å². The van der Waals surface area contributed by atoms with Gasteiger partial charge in [-0.15, -0.1) is 0 Å². The second-order valence-electron chi connectivity index (χ2n) is 19.7. The van der Waals surface area contributed by atoms with E-state index in [0.717, 1.165) is 17.2 Å². The zero-order valence-electron chi connectivity index (χ0n) is 63.3. The summed E-state index contributed by atoms with van der Waals surface area (Å²) in [7, 11) is 10.4. The van der Waals surface area contributed by atoms with Crippen molar-refractivity contribution in [3.63, 3.8) is 0 Å². The van der Waals surface area contributed by atoms with E-state index < -0.39 is 0 Å². The molecule has 92 heavy (non-hydrogen) atoms. The van der Waals surface area contributed by atoms with Crippen LogP contribution in [0.4, 0.5) is 0 Å². The van der Waals surface area contributed by atoms with Gasteiger partial charge in [0, 0.05) is 71.6 Å². The van der Waals surface area contributed by atoms with Gasteiger partial charge in [-0.1, -0.05) is 179 Å². The Kier molecular flexibility index (Phi) is 40.7. The topological polar surface area (TPSA) is 59.1 Å². The van der Waals surface area contributed by atoms with E-state index in [2.05, 4.69) is 215 Å². The summed E-state index contributed by atoms with van der Waals surface area (Å²) in [6.45, 7) is 53.7. The monoisotopic (exact) mass is 1240 g/mol. The van der Waals surface area contributed by atoms with Gasteiger partial charge in [0.25, 0.3) is 0 Å². The molecule has 0 amide bonds. The molecule has 0 saturated heterocycles. The number of hydrogen-bond donors (Lipinski definition) is 0. The molecule has 0 atom stereocenters. The Morgan fingerprint density at radius 1 is 0.315 bits per heavy atom. The smallest absolute Gasteiger partial charge is 0.331 e. The Labute approximate surface area is 559 Å². The quantitative estimate of drug-likeness (QED) is 0.131. The molecule has 0 N–H and O–H groups in total. The van der Waals surface area contributed by atoms with Crippen molar-refractivity contribution < 1.29 is 18.3 Å². The number of aryl methyl sites for hydroxylation is 11. The molecule has 0 fully saturated rings. The minimum Gasteiger partial charge on any atom is -0.344 e. The molecular weight excluding hydrogens is 1120 g/mol. The zero-order chi connectivity index (χ0) is 70.4. The standard InChI is InChI=1S/C23H24N.C20H19N2.C12H13N2.C11H12N3.9C2H6/c1-13-9-7-10-18-20(13)23-19(11-8-12-24(23)6)22-17(5)15(3)14(2)16(4)21(18)22;1-14-12-17-15-8-4-5-10-19(15)22(3)20(17)13-16(14)18-9-6-7-11-21(18)2;1-10-6-3-4-7-11(10)12-13-8-5-9-14(12)2;1-9-4-6-12-8-10(9)11-13-5-3-7-14(11)2;9*1-2/h7-12H,1-6H3;4-13H,1-3H3;3-9H,1-2H3;3-8H,1-2H3;9*1-2H3/q4*+1;;;;;;;;;. The number of nitrogens with zero attached hydrogens (tertiary/aromatic N) is 8. The van der Waals surface area contributed by atoms with Crippen LogP contribution in [0.3, 0.4) is 0 Å². The number of pyridine rings is 3. The highest BCUT2D eigenvalue weighted by atomic mass is 15.0. The third-order valence-electron chi connectivity index (χ3n) is 15.0. The predicted molar refractivity (Wildman–Crippen MR) is 407 cm³/mol. The lowest BCUT2D eigenvalue weighted by Gasteiger charge is -2.18. The first-order chi connectivity index (χ1) is 44.7. The second kappa shape index (κ2) is 44.9. The van der Waals surface area contributed by atoms with E-state index in [9.17, 15) is 0 Å². The average Bonchev–Trinajstić information content (AvgIpc) is 0.847. The van der Waals surface area contributed by atoms with Gasteiger partial charge in [-0.3, -0.25) is 4.98 Å². The van der Waals surface area contributed by atoms with Crippen molar-refractivity contribution in [2.45, 2.75) is 180 Å². The summed E-state index contributed by atoms with van der Waals surface area (Å²) >= 11 is 0. The molecule has 6 heterocycles. The fourth-order valence-corrected chi connectivity index (χ4v) is 10.6. The van der Waals surface area contributed by atoms with Crippen LogP contribution in [0.1, 0.15) is 169 Å². The van der Waals surface area contributed by atoms with Crippen molar-refractivity contribution in [1.29, 1.82) is 0 Å². The summed E-state index contributed by atoms with van der Waals surface area (Å²) in [4.78, 5) is 12.8. The summed E-state index contributed by atoms with van der Waals surface area (Å²) in [5, 5.41) is 9.62. The van der Waals surface area contributed by atoms with Crippen molar-refractivity contribution in [1.82, 2.24) is 19.5 Å². The van der Waals surface area contributed by atoms with Crippen LogP contribution < -0.4 is 18.3 Å². The maximum Gasteiger partial charge on any atom is 0.331 e. The molecule has 6 aromatic heterocycles. The van der Waals surface area contributed by atoms with E-state index in [1.54, 1.807) is 12.4 Å². The first-order valence-electron chi connectivity index (χ1n) is 34.4. The minimum absolute atomic E-state index is 0.943. The van der Waals surface area contributed by atoms with Gasteiger partial charge in [-0.05, 0) is 168 Å². The largest absolute Gasteiger partial charge is 0.344 e. The van der Waals surface area contributed by atoms with Crippen molar-refractivity contribution in [2.75, 3.05) is 0 Å². The molecule has 12 aromatic rings. The summed E-state index contributed by atoms with van der Waals surface area (Å²) in [6.07, 6.45) is 15.5. The maximum absolute atomic E-state index is 4.37. The lowest BCUT2D eigenvalue weighted by Crippen LogP contribution is -2.31. The van der Waals surface area contributed by atoms with Crippen LogP contribution in [-0.2, 0) is 35.2 Å².